The fourth-order valence-electron chi connectivity index (χ4n) is 2.56. The summed E-state index contributed by atoms with van der Waals surface area (Å²) in [4.78, 5) is 7.15. The Labute approximate surface area is 154 Å². The summed E-state index contributed by atoms with van der Waals surface area (Å²) < 4.78 is 0. The maximum absolute atomic E-state index is 5.95. The number of fused-ring (bicyclic) bond motifs is 1. The van der Waals surface area contributed by atoms with E-state index >= 15 is 0 Å². The van der Waals surface area contributed by atoms with Gasteiger partial charge in [0.1, 0.15) is 0 Å². The lowest BCUT2D eigenvalue weighted by molar-refractivity contribution is 0.399. The highest BCUT2D eigenvalue weighted by atomic mass is 35.5. The Kier molecular flexibility index (Phi) is 4.69. The molecule has 0 fully saturated rings. The van der Waals surface area contributed by atoms with Crippen LogP contribution in [-0.2, 0) is 5.75 Å². The highest BCUT2D eigenvalue weighted by Gasteiger charge is 2.35. The predicted molar refractivity (Wildman–Crippen MR) is 104 cm³/mol. The van der Waals surface area contributed by atoms with Crippen molar-refractivity contribution in [3.8, 4) is 0 Å². The van der Waals surface area contributed by atoms with Crippen LogP contribution in [-0.4, -0.2) is 31.7 Å². The number of aliphatic imine (C=N–C) groups is 1. The number of hydrogen-bond acceptors (Lipinski definition) is 5. The van der Waals surface area contributed by atoms with E-state index in [4.69, 9.17) is 16.6 Å². The largest absolute Gasteiger partial charge is 0.334 e. The summed E-state index contributed by atoms with van der Waals surface area (Å²) in [5.41, 5.74) is 2.41. The molecule has 0 bridgehead atoms. The van der Waals surface area contributed by atoms with Gasteiger partial charge in [0.15, 0.2) is 5.50 Å². The average molecular weight is 375 g/mol. The molecule has 0 amide bonds. The summed E-state index contributed by atoms with van der Waals surface area (Å²) in [6, 6.07) is 10.1. The van der Waals surface area contributed by atoms with Crippen molar-refractivity contribution in [2.75, 3.05) is 0 Å². The van der Waals surface area contributed by atoms with E-state index in [1.54, 1.807) is 29.7 Å². The summed E-state index contributed by atoms with van der Waals surface area (Å²) in [6.45, 7) is 0. The Morgan fingerprint density at radius 2 is 2.17 bits per heavy atom. The van der Waals surface area contributed by atoms with Crippen LogP contribution in [0.3, 0.4) is 0 Å². The second kappa shape index (κ2) is 7.09. The van der Waals surface area contributed by atoms with Crippen LogP contribution in [0, 0.1) is 0 Å². The summed E-state index contributed by atoms with van der Waals surface area (Å²) in [5, 5.41) is 11.0. The molecule has 2 aliphatic rings. The van der Waals surface area contributed by atoms with E-state index in [0.29, 0.717) is 0 Å². The summed E-state index contributed by atoms with van der Waals surface area (Å²) in [5.74, 6) is 0.888. The van der Waals surface area contributed by atoms with Crippen molar-refractivity contribution in [1.82, 2.24) is 15.1 Å². The first-order chi connectivity index (χ1) is 11.8. The number of H-pyrrole nitrogens is 1. The van der Waals surface area contributed by atoms with Crippen LogP contribution in [0.1, 0.15) is 11.3 Å². The molecular formula is C17H15ClN4S2. The van der Waals surface area contributed by atoms with Crippen LogP contribution in [0.5, 0.6) is 0 Å². The van der Waals surface area contributed by atoms with Gasteiger partial charge < -0.3 is 4.90 Å². The van der Waals surface area contributed by atoms with Gasteiger partial charge in [-0.3, -0.25) is 5.10 Å². The van der Waals surface area contributed by atoms with Crippen LogP contribution in [0.15, 0.2) is 59.2 Å². The fraction of sp³-hybridized carbons (Fsp3) is 0.176. The molecule has 0 radical (unpaired) electrons. The van der Waals surface area contributed by atoms with Crippen molar-refractivity contribution in [2.45, 2.75) is 17.3 Å². The van der Waals surface area contributed by atoms with Gasteiger partial charge in [0, 0.05) is 23.2 Å². The molecule has 0 spiro atoms. The molecule has 1 N–H and O–H groups in total. The Morgan fingerprint density at radius 1 is 1.29 bits per heavy atom. The number of benzene rings is 1. The number of nitrogens with one attached hydrogen (secondary N) is 1. The summed E-state index contributed by atoms with van der Waals surface area (Å²) in [6.07, 6.45) is 8.12. The molecular weight excluding hydrogens is 360 g/mol. The number of aromatic amines is 1. The van der Waals surface area contributed by atoms with E-state index in [1.807, 2.05) is 18.2 Å². The van der Waals surface area contributed by atoms with Gasteiger partial charge in [-0.25, -0.2) is 4.99 Å². The predicted octanol–water partition coefficient (Wildman–Crippen LogP) is 4.59. The number of thioether (sulfide) groups is 2. The molecule has 7 heteroatoms. The average Bonchev–Trinajstić information content (AvgIpc) is 3.30. The zero-order valence-electron chi connectivity index (χ0n) is 12.7. The number of rotatable bonds is 4. The van der Waals surface area contributed by atoms with E-state index in [9.17, 15) is 0 Å². The molecule has 122 valence electrons. The molecule has 0 saturated heterocycles. The molecule has 2 atom stereocenters. The molecule has 2 aromatic rings. The monoisotopic (exact) mass is 374 g/mol. The van der Waals surface area contributed by atoms with Crippen molar-refractivity contribution in [3.05, 3.63) is 70.5 Å². The van der Waals surface area contributed by atoms with Crippen LogP contribution in [0.4, 0.5) is 0 Å². The van der Waals surface area contributed by atoms with Crippen molar-refractivity contribution in [2.24, 2.45) is 4.99 Å². The smallest absolute Gasteiger partial charge is 0.174 e. The number of aromatic nitrogens is 2. The molecule has 1 aromatic carbocycles. The molecule has 4 nitrogen and oxygen atoms in total. The zero-order valence-corrected chi connectivity index (χ0v) is 15.1. The SMILES string of the molecule is Clc1ccc(CSC2=NC3SC=CN3C2/C=C/c2ccn[nH]2)cc1. The molecule has 0 saturated carbocycles. The minimum atomic E-state index is 0.161. The third-order valence-corrected chi connectivity index (χ3v) is 6.02. The Morgan fingerprint density at radius 3 is 2.96 bits per heavy atom. The minimum absolute atomic E-state index is 0.161. The van der Waals surface area contributed by atoms with Gasteiger partial charge in [-0.05, 0) is 35.2 Å². The number of nitrogens with zero attached hydrogens (tertiary/aromatic N) is 3. The molecule has 2 unspecified atom stereocenters. The second-order valence-corrected chi connectivity index (χ2v) is 7.79. The standard InChI is InChI=1S/C17H15ClN4S2/c18-13-3-1-12(2-4-13)11-24-16-15(6-5-14-7-8-19-21-14)22-9-10-23-17(22)20-16/h1-10,15,17H,11H2,(H,19,21)/b6-5+. The topological polar surface area (TPSA) is 44.3 Å². The second-order valence-electron chi connectivity index (χ2n) is 5.39. The van der Waals surface area contributed by atoms with E-state index in [1.165, 1.54) is 5.56 Å². The zero-order chi connectivity index (χ0) is 16.4. The molecule has 2 aliphatic heterocycles. The fourth-order valence-corrected chi connectivity index (χ4v) is 4.67. The lowest BCUT2D eigenvalue weighted by Crippen LogP contribution is -2.30. The molecule has 3 heterocycles. The Hall–Kier alpha value is -1.63. The number of halogens is 1. The first kappa shape index (κ1) is 15.9. The highest BCUT2D eigenvalue weighted by molar-refractivity contribution is 8.13. The van der Waals surface area contributed by atoms with E-state index in [2.05, 4.69) is 51.0 Å². The molecule has 24 heavy (non-hydrogen) atoms. The molecule has 4 rings (SSSR count). The van der Waals surface area contributed by atoms with E-state index < -0.39 is 0 Å². The van der Waals surface area contributed by atoms with Crippen molar-refractivity contribution >= 4 is 46.2 Å². The van der Waals surface area contributed by atoms with Crippen LogP contribution < -0.4 is 0 Å². The molecule has 1 aromatic heterocycles. The quantitative estimate of drug-likeness (QED) is 0.849. The maximum Gasteiger partial charge on any atom is 0.174 e. The van der Waals surface area contributed by atoms with Crippen LogP contribution in [0.2, 0.25) is 5.02 Å². The van der Waals surface area contributed by atoms with Crippen molar-refractivity contribution < 1.29 is 0 Å². The molecule has 0 aliphatic carbocycles. The number of hydrogen-bond donors (Lipinski definition) is 1. The minimum Gasteiger partial charge on any atom is -0.334 e. The third-order valence-electron chi connectivity index (χ3n) is 3.78. The lowest BCUT2D eigenvalue weighted by Gasteiger charge is -2.21. The maximum atomic E-state index is 5.95. The Bertz CT molecular complexity index is 783. The van der Waals surface area contributed by atoms with Gasteiger partial charge in [-0.1, -0.05) is 41.6 Å². The Balaban J connectivity index is 1.48. The summed E-state index contributed by atoms with van der Waals surface area (Å²) >= 11 is 9.48. The van der Waals surface area contributed by atoms with Gasteiger partial charge in [0.2, 0.25) is 0 Å². The van der Waals surface area contributed by atoms with Crippen LogP contribution in [0.25, 0.3) is 6.08 Å². The van der Waals surface area contributed by atoms with Crippen LogP contribution >= 0.6 is 35.1 Å². The van der Waals surface area contributed by atoms with E-state index in [-0.39, 0.29) is 11.5 Å². The highest BCUT2D eigenvalue weighted by Crippen LogP contribution is 2.37. The normalized spacial score (nSPS) is 22.4. The van der Waals surface area contributed by atoms with Crippen molar-refractivity contribution in [1.29, 1.82) is 0 Å². The first-order valence-corrected chi connectivity index (χ1v) is 9.82. The van der Waals surface area contributed by atoms with Gasteiger partial charge >= 0.3 is 0 Å². The van der Waals surface area contributed by atoms with Gasteiger partial charge in [0.25, 0.3) is 0 Å². The van der Waals surface area contributed by atoms with Gasteiger partial charge in [-0.2, -0.15) is 5.10 Å². The van der Waals surface area contributed by atoms with Gasteiger partial charge in [-0.15, -0.1) is 11.8 Å². The van der Waals surface area contributed by atoms with Gasteiger partial charge in [0.05, 0.1) is 16.8 Å². The first-order valence-electron chi connectivity index (χ1n) is 7.52. The van der Waals surface area contributed by atoms with Crippen molar-refractivity contribution in [3.63, 3.8) is 0 Å². The summed E-state index contributed by atoms with van der Waals surface area (Å²) in [7, 11) is 0. The van der Waals surface area contributed by atoms with E-state index in [0.717, 1.165) is 21.5 Å². The lowest BCUT2D eigenvalue weighted by atomic mass is 10.2. The third kappa shape index (κ3) is 3.41.